The highest BCUT2D eigenvalue weighted by atomic mass is 32.2. The molecule has 0 saturated carbocycles. The lowest BCUT2D eigenvalue weighted by atomic mass is 10.1. The SMILES string of the molecule is CN(CCCCN1C(=O)c2ccccc2C1=O)c1cc(C/[SH](=O)=N/C(=O)OC(C)(C)C)cc(Nc2ncc(F)c(-c3ccc(F)cc3F)n2)c1. The van der Waals surface area contributed by atoms with Crippen LogP contribution in [-0.4, -0.2) is 62.7 Å². The van der Waals surface area contributed by atoms with E-state index in [0.29, 0.717) is 53.5 Å². The Hall–Kier alpha value is -5.31. The first-order chi connectivity index (χ1) is 23.7. The van der Waals surface area contributed by atoms with Crippen molar-refractivity contribution in [3.63, 3.8) is 0 Å². The quantitative estimate of drug-likeness (QED) is 0.0968. The molecule has 0 aliphatic carbocycles. The van der Waals surface area contributed by atoms with Crippen molar-refractivity contribution in [1.29, 1.82) is 0 Å². The maximum Gasteiger partial charge on any atom is 0.442 e. The topological polar surface area (TPSA) is 134 Å². The van der Waals surface area contributed by atoms with E-state index in [0.717, 1.165) is 18.3 Å². The van der Waals surface area contributed by atoms with Crippen LogP contribution < -0.4 is 10.2 Å². The lowest BCUT2D eigenvalue weighted by molar-refractivity contribution is 0.0604. The van der Waals surface area contributed by atoms with Crippen molar-refractivity contribution in [2.24, 2.45) is 4.36 Å². The van der Waals surface area contributed by atoms with E-state index < -0.39 is 39.7 Å². The summed E-state index contributed by atoms with van der Waals surface area (Å²) in [5.74, 6) is -3.60. The maximum absolute atomic E-state index is 14.7. The van der Waals surface area contributed by atoms with Gasteiger partial charge in [0.15, 0.2) is 5.82 Å². The Morgan fingerprint density at radius 2 is 1.66 bits per heavy atom. The summed E-state index contributed by atoms with van der Waals surface area (Å²) >= 11 is 0. The zero-order chi connectivity index (χ0) is 36.2. The second kappa shape index (κ2) is 15.1. The summed E-state index contributed by atoms with van der Waals surface area (Å²) in [6.45, 7) is 5.74. The number of unbranched alkanes of at least 4 members (excludes halogenated alkanes) is 1. The highest BCUT2D eigenvalue weighted by molar-refractivity contribution is 7.74. The van der Waals surface area contributed by atoms with Gasteiger partial charge in [-0.25, -0.2) is 27.9 Å². The molecule has 3 amide bonds. The number of aromatic nitrogens is 2. The lowest BCUT2D eigenvalue weighted by Crippen LogP contribution is -2.31. The van der Waals surface area contributed by atoms with Gasteiger partial charge in [0.25, 0.3) is 11.8 Å². The summed E-state index contributed by atoms with van der Waals surface area (Å²) in [4.78, 5) is 48.8. The Morgan fingerprint density at radius 1 is 0.960 bits per heavy atom. The average Bonchev–Trinajstić information content (AvgIpc) is 3.27. The lowest BCUT2D eigenvalue weighted by Gasteiger charge is -2.22. The van der Waals surface area contributed by atoms with Gasteiger partial charge in [0, 0.05) is 43.1 Å². The summed E-state index contributed by atoms with van der Waals surface area (Å²) in [7, 11) is -0.595. The number of thiol groups is 1. The van der Waals surface area contributed by atoms with Crippen molar-refractivity contribution in [3.8, 4) is 11.3 Å². The number of amides is 3. The van der Waals surface area contributed by atoms with Crippen molar-refractivity contribution in [2.75, 3.05) is 30.4 Å². The Labute approximate surface area is 288 Å². The number of nitrogens with zero attached hydrogens (tertiary/aromatic N) is 5. The Morgan fingerprint density at radius 3 is 2.32 bits per heavy atom. The number of halogens is 3. The number of nitrogens with one attached hydrogen (secondary N) is 1. The summed E-state index contributed by atoms with van der Waals surface area (Å²) in [5.41, 5.74) is 0.887. The largest absolute Gasteiger partial charge is 0.442 e. The molecule has 1 aliphatic rings. The van der Waals surface area contributed by atoms with Gasteiger partial charge >= 0.3 is 6.09 Å². The van der Waals surface area contributed by atoms with Crippen LogP contribution in [0.1, 0.15) is 59.9 Å². The minimum absolute atomic E-state index is 0.0975. The van der Waals surface area contributed by atoms with E-state index >= 15 is 0 Å². The molecular formula is C35H35F3N6O5S. The predicted octanol–water partition coefficient (Wildman–Crippen LogP) is 6.92. The van der Waals surface area contributed by atoms with Crippen LogP contribution in [0.5, 0.6) is 0 Å². The maximum atomic E-state index is 14.7. The van der Waals surface area contributed by atoms with Crippen LogP contribution in [0.15, 0.2) is 71.2 Å². The number of carbonyl (C=O) groups excluding carboxylic acids is 3. The number of rotatable bonds is 11. The first kappa shape index (κ1) is 36.0. The van der Waals surface area contributed by atoms with Gasteiger partial charge in [-0.15, -0.1) is 4.36 Å². The van der Waals surface area contributed by atoms with Crippen molar-refractivity contribution in [3.05, 3.63) is 101 Å². The van der Waals surface area contributed by atoms with Gasteiger partial charge in [-0.1, -0.05) is 12.1 Å². The average molecular weight is 709 g/mol. The summed E-state index contributed by atoms with van der Waals surface area (Å²) in [6, 6.07) is 14.5. The van der Waals surface area contributed by atoms with Gasteiger partial charge in [-0.3, -0.25) is 18.7 Å². The first-order valence-corrected chi connectivity index (χ1v) is 17.0. The van der Waals surface area contributed by atoms with Crippen LogP contribution in [0.2, 0.25) is 0 Å². The van der Waals surface area contributed by atoms with Crippen molar-refractivity contribution >= 4 is 45.8 Å². The standard InChI is InChI=1S/C35H35F3N6O5S/c1-35(2,3)49-34(47)42-50(48)20-21-15-23(40-33-39-19-29(38)30(41-33)27-12-11-22(36)17-28(27)37)18-24(16-21)43(4)13-7-8-14-44-31(45)25-9-5-6-10-26(25)32(44)46/h5-6,9-12,15-19,50H,7-8,13-14,20H2,1-4H3,(H,39,40,41). The van der Waals surface area contributed by atoms with Gasteiger partial charge in [-0.2, -0.15) is 0 Å². The zero-order valence-electron chi connectivity index (χ0n) is 27.7. The molecule has 50 heavy (non-hydrogen) atoms. The molecule has 0 saturated heterocycles. The number of carbonyl (C=O) groups is 3. The Balaban J connectivity index is 1.35. The number of fused-ring (bicyclic) bond motifs is 1. The van der Waals surface area contributed by atoms with E-state index in [2.05, 4.69) is 19.6 Å². The third-order valence-electron chi connectivity index (χ3n) is 7.51. The first-order valence-electron chi connectivity index (χ1n) is 15.6. The molecule has 4 aromatic rings. The molecule has 1 aliphatic heterocycles. The van der Waals surface area contributed by atoms with E-state index in [9.17, 15) is 31.8 Å². The molecule has 1 unspecified atom stereocenters. The number of hydrogen-bond acceptors (Lipinski definition) is 9. The van der Waals surface area contributed by atoms with Gasteiger partial charge < -0.3 is 15.0 Å². The molecule has 3 aromatic carbocycles. The Kier molecular flexibility index (Phi) is 10.8. The van der Waals surface area contributed by atoms with Crippen LogP contribution in [-0.2, 0) is 21.1 Å². The highest BCUT2D eigenvalue weighted by Crippen LogP contribution is 2.29. The van der Waals surface area contributed by atoms with Crippen molar-refractivity contribution in [1.82, 2.24) is 14.9 Å². The molecule has 0 radical (unpaired) electrons. The van der Waals surface area contributed by atoms with Gasteiger partial charge in [-0.05, 0) is 81.6 Å². The smallest absolute Gasteiger partial charge is 0.442 e. The molecule has 0 bridgehead atoms. The summed E-state index contributed by atoms with van der Waals surface area (Å²) in [5, 5.41) is 2.96. The van der Waals surface area contributed by atoms with Crippen LogP contribution in [0, 0.1) is 17.5 Å². The summed E-state index contributed by atoms with van der Waals surface area (Å²) in [6.07, 6.45) is 1.04. The molecule has 262 valence electrons. The highest BCUT2D eigenvalue weighted by Gasteiger charge is 2.34. The fourth-order valence-electron chi connectivity index (χ4n) is 5.24. The number of anilines is 3. The van der Waals surface area contributed by atoms with Crippen LogP contribution >= 0.6 is 0 Å². The molecule has 2 heterocycles. The minimum atomic E-state index is -2.41. The van der Waals surface area contributed by atoms with E-state index in [-0.39, 0.29) is 41.3 Å². The van der Waals surface area contributed by atoms with E-state index in [1.165, 1.54) is 4.90 Å². The molecule has 15 heteroatoms. The van der Waals surface area contributed by atoms with Crippen LogP contribution in [0.4, 0.5) is 35.3 Å². The second-order valence-corrected chi connectivity index (χ2v) is 13.8. The number of benzene rings is 3. The fraction of sp³-hybridized carbons (Fsp3) is 0.286. The second-order valence-electron chi connectivity index (χ2n) is 12.6. The summed E-state index contributed by atoms with van der Waals surface area (Å²) < 4.78 is 64.4. The molecule has 5 rings (SSSR count). The van der Waals surface area contributed by atoms with E-state index in [1.54, 1.807) is 63.2 Å². The van der Waals surface area contributed by atoms with Crippen molar-refractivity contribution in [2.45, 2.75) is 45.0 Å². The minimum Gasteiger partial charge on any atom is -0.442 e. The van der Waals surface area contributed by atoms with Crippen molar-refractivity contribution < 1.29 is 36.5 Å². The molecule has 1 atom stereocenters. The molecule has 1 N–H and O–H groups in total. The number of ether oxygens (including phenoxy) is 1. The molecule has 0 fully saturated rings. The van der Waals surface area contributed by atoms with E-state index in [4.69, 9.17) is 4.74 Å². The molecule has 1 aromatic heterocycles. The monoisotopic (exact) mass is 708 g/mol. The molecule has 11 nitrogen and oxygen atoms in total. The number of hydrogen-bond donors (Lipinski definition) is 2. The van der Waals surface area contributed by atoms with E-state index in [1.807, 2.05) is 11.9 Å². The fourth-order valence-corrected chi connectivity index (χ4v) is 6.03. The molecule has 0 spiro atoms. The van der Waals surface area contributed by atoms with Gasteiger partial charge in [0.05, 0.1) is 33.7 Å². The van der Waals surface area contributed by atoms with Gasteiger partial charge in [0.2, 0.25) is 5.95 Å². The third-order valence-corrected chi connectivity index (χ3v) is 8.53. The zero-order valence-corrected chi connectivity index (χ0v) is 28.6. The van der Waals surface area contributed by atoms with Crippen LogP contribution in [0.25, 0.3) is 11.3 Å². The Bertz CT molecular complexity index is 2010. The molecular weight excluding hydrogens is 673 g/mol. The van der Waals surface area contributed by atoms with Crippen LogP contribution in [0.3, 0.4) is 0 Å². The normalized spacial score (nSPS) is 13.4. The third kappa shape index (κ3) is 8.83. The van der Waals surface area contributed by atoms with Gasteiger partial charge in [0.1, 0.15) is 22.9 Å². The number of imide groups is 1. The predicted molar refractivity (Wildman–Crippen MR) is 183 cm³/mol.